The molecule has 4 rings (SSSR count). The van der Waals surface area contributed by atoms with Crippen molar-refractivity contribution in [3.05, 3.63) is 34.6 Å². The summed E-state index contributed by atoms with van der Waals surface area (Å²) >= 11 is 0. The Morgan fingerprint density at radius 2 is 2.08 bits per heavy atom. The number of rotatable bonds is 5. The van der Waals surface area contributed by atoms with Crippen LogP contribution in [0.15, 0.2) is 29.1 Å². The third-order valence-electron chi connectivity index (χ3n) is 5.12. The summed E-state index contributed by atoms with van der Waals surface area (Å²) in [6, 6.07) is 7.74. The van der Waals surface area contributed by atoms with Gasteiger partial charge in [0.1, 0.15) is 0 Å². The summed E-state index contributed by atoms with van der Waals surface area (Å²) in [7, 11) is 0. The topological polar surface area (TPSA) is 79.5 Å². The molecule has 7 heteroatoms. The van der Waals surface area contributed by atoms with Crippen LogP contribution in [0.25, 0.3) is 10.9 Å². The Morgan fingerprint density at radius 3 is 2.88 bits per heavy atom. The predicted molar refractivity (Wildman–Crippen MR) is 96.0 cm³/mol. The molecule has 2 saturated heterocycles. The van der Waals surface area contributed by atoms with E-state index in [0.717, 1.165) is 52.5 Å². The molecule has 2 aliphatic rings. The summed E-state index contributed by atoms with van der Waals surface area (Å²) in [5.41, 5.74) is 0.598. The van der Waals surface area contributed by atoms with E-state index in [-0.39, 0.29) is 5.56 Å². The zero-order valence-corrected chi connectivity index (χ0v) is 14.2. The highest BCUT2D eigenvalue weighted by molar-refractivity contribution is 5.78. The quantitative estimate of drug-likeness (QED) is 0.845. The summed E-state index contributed by atoms with van der Waals surface area (Å²) in [5, 5.41) is 3.96. The molecule has 0 unspecified atom stereocenters. The number of hydrogen-bond acceptors (Lipinski definition) is 6. The van der Waals surface area contributed by atoms with Crippen molar-refractivity contribution in [2.45, 2.75) is 12.5 Å². The van der Waals surface area contributed by atoms with Gasteiger partial charge in [0.05, 0.1) is 30.7 Å². The second kappa shape index (κ2) is 7.51. The highest BCUT2D eigenvalue weighted by Gasteiger charge is 2.31. The number of para-hydroxylation sites is 1. The number of ether oxygens (including phenoxy) is 2. The van der Waals surface area contributed by atoms with Crippen LogP contribution in [0.4, 0.5) is 5.95 Å². The van der Waals surface area contributed by atoms with Gasteiger partial charge in [-0.2, -0.15) is 0 Å². The maximum Gasteiger partial charge on any atom is 0.260 e. The van der Waals surface area contributed by atoms with Crippen molar-refractivity contribution in [2.24, 2.45) is 5.92 Å². The van der Waals surface area contributed by atoms with Gasteiger partial charge in [0.25, 0.3) is 5.56 Å². The normalized spacial score (nSPS) is 23.0. The van der Waals surface area contributed by atoms with Crippen LogP contribution in [-0.2, 0) is 9.47 Å². The molecule has 0 radical (unpaired) electrons. The smallest absolute Gasteiger partial charge is 0.260 e. The first-order chi connectivity index (χ1) is 12.3. The largest absolute Gasteiger partial charge is 0.381 e. The fraction of sp³-hybridized carbons (Fsp3) is 0.556. The Kier molecular flexibility index (Phi) is 4.96. The van der Waals surface area contributed by atoms with E-state index in [2.05, 4.69) is 20.2 Å². The number of aromatic amines is 1. The van der Waals surface area contributed by atoms with E-state index >= 15 is 0 Å². The van der Waals surface area contributed by atoms with Crippen LogP contribution >= 0.6 is 0 Å². The van der Waals surface area contributed by atoms with Crippen molar-refractivity contribution in [3.8, 4) is 0 Å². The third-order valence-corrected chi connectivity index (χ3v) is 5.12. The number of H-pyrrole nitrogens is 1. The van der Waals surface area contributed by atoms with Crippen LogP contribution < -0.4 is 10.9 Å². The maximum absolute atomic E-state index is 12.2. The predicted octanol–water partition coefficient (Wildman–Crippen LogP) is 1.07. The molecule has 2 fully saturated rings. The van der Waals surface area contributed by atoms with E-state index < -0.39 is 0 Å². The highest BCUT2D eigenvalue weighted by Crippen LogP contribution is 2.22. The van der Waals surface area contributed by atoms with E-state index in [1.54, 1.807) is 6.07 Å². The van der Waals surface area contributed by atoms with E-state index in [1.165, 1.54) is 0 Å². The van der Waals surface area contributed by atoms with Gasteiger partial charge >= 0.3 is 0 Å². The van der Waals surface area contributed by atoms with Crippen molar-refractivity contribution in [1.29, 1.82) is 0 Å². The molecule has 2 aliphatic heterocycles. The maximum atomic E-state index is 12.2. The molecule has 0 bridgehead atoms. The molecule has 2 atom stereocenters. The van der Waals surface area contributed by atoms with E-state index in [1.807, 2.05) is 18.2 Å². The molecule has 1 aromatic heterocycles. The molecule has 7 nitrogen and oxygen atoms in total. The van der Waals surface area contributed by atoms with Gasteiger partial charge in [-0.05, 0) is 18.6 Å². The average Bonchev–Trinajstić information content (AvgIpc) is 3.17. The van der Waals surface area contributed by atoms with Gasteiger partial charge in [-0.25, -0.2) is 4.98 Å². The number of nitrogens with one attached hydrogen (secondary N) is 2. The third kappa shape index (κ3) is 3.68. The van der Waals surface area contributed by atoms with Gasteiger partial charge in [0, 0.05) is 38.2 Å². The van der Waals surface area contributed by atoms with Crippen LogP contribution in [0.2, 0.25) is 0 Å². The molecule has 2 aromatic rings. The molecule has 1 aromatic carbocycles. The monoisotopic (exact) mass is 344 g/mol. The number of hydrogen-bond donors (Lipinski definition) is 2. The highest BCUT2D eigenvalue weighted by atomic mass is 16.5. The molecule has 0 aliphatic carbocycles. The Labute approximate surface area is 146 Å². The van der Waals surface area contributed by atoms with Gasteiger partial charge in [-0.1, -0.05) is 12.1 Å². The van der Waals surface area contributed by atoms with E-state index in [4.69, 9.17) is 9.47 Å². The number of benzene rings is 1. The average molecular weight is 344 g/mol. The van der Waals surface area contributed by atoms with Crippen molar-refractivity contribution in [1.82, 2.24) is 14.9 Å². The molecule has 134 valence electrons. The van der Waals surface area contributed by atoms with Gasteiger partial charge in [0.15, 0.2) is 0 Å². The summed E-state index contributed by atoms with van der Waals surface area (Å²) in [6.07, 6.45) is 1.07. The zero-order valence-electron chi connectivity index (χ0n) is 14.2. The Morgan fingerprint density at radius 1 is 1.24 bits per heavy atom. The van der Waals surface area contributed by atoms with Crippen LogP contribution in [0, 0.1) is 5.92 Å². The Hall–Kier alpha value is -1.96. The van der Waals surface area contributed by atoms with Crippen molar-refractivity contribution < 1.29 is 9.47 Å². The Balaban J connectivity index is 1.51. The summed E-state index contributed by atoms with van der Waals surface area (Å²) in [5.74, 6) is 1.03. The summed E-state index contributed by atoms with van der Waals surface area (Å²) in [4.78, 5) is 22.1. The standard InChI is InChI=1S/C18H24N4O3/c23-17-14-3-1-2-4-15(14)20-18(21-17)19-11-16(13-5-8-25-12-13)22-6-9-24-10-7-22/h1-4,13,16H,5-12H2,(H2,19,20,21,23)/t13-,16+/m1/s1. The number of morpholine rings is 1. The molecule has 25 heavy (non-hydrogen) atoms. The zero-order chi connectivity index (χ0) is 17.1. The molecule has 0 amide bonds. The minimum Gasteiger partial charge on any atom is -0.381 e. The summed E-state index contributed by atoms with van der Waals surface area (Å²) < 4.78 is 11.1. The molecule has 3 heterocycles. The second-order valence-corrected chi connectivity index (χ2v) is 6.65. The lowest BCUT2D eigenvalue weighted by Gasteiger charge is -2.37. The second-order valence-electron chi connectivity index (χ2n) is 6.65. The van der Waals surface area contributed by atoms with Gasteiger partial charge in [-0.3, -0.25) is 14.7 Å². The first-order valence-electron chi connectivity index (χ1n) is 8.94. The lowest BCUT2D eigenvalue weighted by molar-refractivity contribution is 0.00458. The minimum absolute atomic E-state index is 0.111. The molecule has 0 saturated carbocycles. The first kappa shape index (κ1) is 16.5. The van der Waals surface area contributed by atoms with Crippen molar-refractivity contribution >= 4 is 16.9 Å². The molecular formula is C18H24N4O3. The van der Waals surface area contributed by atoms with Gasteiger partial charge < -0.3 is 14.8 Å². The molecule has 2 N–H and O–H groups in total. The van der Waals surface area contributed by atoms with Crippen LogP contribution in [0.5, 0.6) is 0 Å². The molecule has 0 spiro atoms. The van der Waals surface area contributed by atoms with Gasteiger partial charge in [-0.15, -0.1) is 0 Å². The Bertz CT molecular complexity index is 766. The lowest BCUT2D eigenvalue weighted by Crippen LogP contribution is -2.50. The minimum atomic E-state index is -0.111. The van der Waals surface area contributed by atoms with Crippen LogP contribution in [0.3, 0.4) is 0 Å². The first-order valence-corrected chi connectivity index (χ1v) is 8.94. The molecular weight excluding hydrogens is 320 g/mol. The number of nitrogens with zero attached hydrogens (tertiary/aromatic N) is 2. The number of fused-ring (bicyclic) bond motifs is 1. The van der Waals surface area contributed by atoms with Crippen molar-refractivity contribution in [2.75, 3.05) is 51.4 Å². The fourth-order valence-corrected chi connectivity index (χ4v) is 3.73. The van der Waals surface area contributed by atoms with E-state index in [9.17, 15) is 4.79 Å². The van der Waals surface area contributed by atoms with E-state index in [0.29, 0.717) is 28.8 Å². The van der Waals surface area contributed by atoms with Crippen molar-refractivity contribution in [3.63, 3.8) is 0 Å². The van der Waals surface area contributed by atoms with Crippen LogP contribution in [-0.4, -0.2) is 67.0 Å². The van der Waals surface area contributed by atoms with Crippen LogP contribution in [0.1, 0.15) is 6.42 Å². The van der Waals surface area contributed by atoms with Gasteiger partial charge in [0.2, 0.25) is 5.95 Å². The number of aromatic nitrogens is 2. The summed E-state index contributed by atoms with van der Waals surface area (Å²) in [6.45, 7) is 5.77. The fourth-order valence-electron chi connectivity index (χ4n) is 3.73. The lowest BCUT2D eigenvalue weighted by atomic mass is 9.97. The SMILES string of the molecule is O=c1[nH]c(NC[C@@H]([C@@H]2CCOC2)N2CCOCC2)nc2ccccc12. The number of anilines is 1.